The Bertz CT molecular complexity index is 1620. The molecule has 258 valence electrons. The molecule has 0 spiro atoms. The molecule has 2 fully saturated rings. The van der Waals surface area contributed by atoms with Gasteiger partial charge in [0.2, 0.25) is 5.91 Å². The van der Waals surface area contributed by atoms with Crippen LogP contribution in [0, 0.1) is 6.92 Å². The number of ketones is 1. The van der Waals surface area contributed by atoms with Crippen molar-refractivity contribution in [2.45, 2.75) is 75.7 Å². The van der Waals surface area contributed by atoms with Crippen LogP contribution in [0.3, 0.4) is 0 Å². The first-order chi connectivity index (χ1) is 23.3. The van der Waals surface area contributed by atoms with Crippen molar-refractivity contribution in [3.05, 3.63) is 41.9 Å². The van der Waals surface area contributed by atoms with Crippen LogP contribution >= 0.6 is 23.4 Å². The molecule has 0 aliphatic carbocycles. The van der Waals surface area contributed by atoms with Crippen molar-refractivity contribution in [2.75, 3.05) is 37.1 Å². The molecule has 2 saturated heterocycles. The molecule has 5 rings (SSSR count). The highest BCUT2D eigenvalue weighted by atomic mass is 35.5. The predicted octanol–water partition coefficient (Wildman–Crippen LogP) is 4.15. The number of nitrogens with two attached hydrogens (primary N) is 1. The molecule has 6 N–H and O–H groups in total. The van der Waals surface area contributed by atoms with Gasteiger partial charge in [0.1, 0.15) is 17.8 Å². The van der Waals surface area contributed by atoms with Crippen LogP contribution < -0.4 is 27.0 Å². The number of fused-ring (bicyclic) bond motifs is 2. The van der Waals surface area contributed by atoms with Crippen molar-refractivity contribution < 1.29 is 23.9 Å². The van der Waals surface area contributed by atoms with Crippen molar-refractivity contribution >= 4 is 64.0 Å². The second-order valence-electron chi connectivity index (χ2n) is 12.1. The van der Waals surface area contributed by atoms with E-state index in [9.17, 15) is 19.2 Å². The van der Waals surface area contributed by atoms with Crippen LogP contribution in [0.5, 0.6) is 0 Å². The summed E-state index contributed by atoms with van der Waals surface area (Å²) in [6, 6.07) is 8.12. The highest BCUT2D eigenvalue weighted by Gasteiger charge is 2.42. The summed E-state index contributed by atoms with van der Waals surface area (Å²) < 4.78 is 7.15. The Morgan fingerprint density at radius 1 is 1.06 bits per heavy atom. The van der Waals surface area contributed by atoms with Gasteiger partial charge in [-0.2, -0.15) is 11.8 Å². The average molecular weight is 699 g/mol. The van der Waals surface area contributed by atoms with Crippen LogP contribution in [-0.4, -0.2) is 87.0 Å². The molecule has 4 amide bonds. The number of nitrogens with one attached hydrogen (secondary N) is 4. The molecule has 1 aromatic carbocycles. The number of anilines is 1. The molecule has 2 aliphatic rings. The molecule has 3 atom stereocenters. The number of ether oxygens (including phenoxy) is 1. The largest absolute Gasteiger partial charge is 0.449 e. The number of urea groups is 1. The predicted molar refractivity (Wildman–Crippen MR) is 187 cm³/mol. The van der Waals surface area contributed by atoms with Crippen LogP contribution in [0.15, 0.2) is 30.6 Å². The van der Waals surface area contributed by atoms with E-state index in [-0.39, 0.29) is 48.1 Å². The maximum absolute atomic E-state index is 13.1. The summed E-state index contributed by atoms with van der Waals surface area (Å²) in [5.74, 6) is 0.749. The highest BCUT2D eigenvalue weighted by molar-refractivity contribution is 8.00. The zero-order valence-electron chi connectivity index (χ0n) is 27.1. The molecule has 2 aromatic heterocycles. The number of alkyl halides is 1. The maximum atomic E-state index is 13.1. The van der Waals surface area contributed by atoms with E-state index in [0.29, 0.717) is 66.4 Å². The zero-order valence-corrected chi connectivity index (χ0v) is 28.6. The third-order valence-electron chi connectivity index (χ3n) is 8.63. The summed E-state index contributed by atoms with van der Waals surface area (Å²) in [6.45, 7) is 3.43. The van der Waals surface area contributed by atoms with Gasteiger partial charge >= 0.3 is 12.1 Å². The number of nitrogen functional groups attached to an aromatic ring is 1. The molecule has 0 radical (unpaired) electrons. The fraction of sp³-hybridized carbons (Fsp3) is 0.515. The summed E-state index contributed by atoms with van der Waals surface area (Å²) in [5, 5.41) is 12.6. The van der Waals surface area contributed by atoms with Crippen LogP contribution in [0.25, 0.3) is 22.2 Å². The van der Waals surface area contributed by atoms with Crippen LogP contribution in [0.4, 0.5) is 15.4 Å². The Morgan fingerprint density at radius 2 is 1.83 bits per heavy atom. The highest BCUT2D eigenvalue weighted by Crippen LogP contribution is 2.37. The monoisotopic (exact) mass is 698 g/mol. The number of unbranched alkanes of at least 4 members (excludes halogenated alkanes) is 2. The summed E-state index contributed by atoms with van der Waals surface area (Å²) >= 11 is 7.92. The molecule has 3 unspecified atom stereocenters. The number of hydrogen-bond donors (Lipinski definition) is 5. The van der Waals surface area contributed by atoms with E-state index < -0.39 is 6.09 Å². The fourth-order valence-electron chi connectivity index (χ4n) is 6.23. The van der Waals surface area contributed by atoms with E-state index in [1.165, 1.54) is 6.33 Å². The SMILES string of the molecule is Cc1ccc(-c2c(C(=O)CCl)n(CCCOC(=O)NCCCCNC(=O)CCCCC3SCC4NC(=O)NC43)c3ncnc(N)c23)cc1. The fourth-order valence-corrected chi connectivity index (χ4v) is 7.90. The van der Waals surface area contributed by atoms with Gasteiger partial charge in [-0.1, -0.05) is 36.2 Å². The van der Waals surface area contributed by atoms with Crippen LogP contribution in [0.1, 0.15) is 61.0 Å². The lowest BCUT2D eigenvalue weighted by atomic mass is 10.00. The second kappa shape index (κ2) is 16.9. The number of thioether (sulfide) groups is 1. The number of nitrogens with zero attached hydrogens (tertiary/aromatic N) is 3. The van der Waals surface area contributed by atoms with Gasteiger partial charge in [0, 0.05) is 42.6 Å². The molecule has 0 bridgehead atoms. The quantitative estimate of drug-likeness (QED) is 0.0599. The van der Waals surface area contributed by atoms with Gasteiger partial charge in [-0.25, -0.2) is 19.6 Å². The minimum atomic E-state index is -0.528. The number of carbonyl (C=O) groups excluding carboxylic acids is 4. The lowest BCUT2D eigenvalue weighted by Gasteiger charge is -2.16. The first-order valence-electron chi connectivity index (χ1n) is 16.4. The zero-order chi connectivity index (χ0) is 34.0. The minimum absolute atomic E-state index is 0.0293. The number of halogens is 1. The normalized spacial score (nSPS) is 18.3. The van der Waals surface area contributed by atoms with Gasteiger partial charge in [0.25, 0.3) is 0 Å². The van der Waals surface area contributed by atoms with Crippen molar-refractivity contribution in [3.63, 3.8) is 0 Å². The molecular weight excluding hydrogens is 656 g/mol. The molecular formula is C33H43ClN8O5S. The minimum Gasteiger partial charge on any atom is -0.449 e. The number of aromatic nitrogens is 3. The third kappa shape index (κ3) is 8.70. The first-order valence-corrected chi connectivity index (χ1v) is 18.0. The third-order valence-corrected chi connectivity index (χ3v) is 10.4. The molecule has 4 heterocycles. The van der Waals surface area contributed by atoms with Crippen molar-refractivity contribution in [2.24, 2.45) is 0 Å². The van der Waals surface area contributed by atoms with Gasteiger partial charge in [-0.3, -0.25) is 9.59 Å². The van der Waals surface area contributed by atoms with Gasteiger partial charge < -0.3 is 36.3 Å². The smallest absolute Gasteiger partial charge is 0.407 e. The topological polar surface area (TPSA) is 182 Å². The van der Waals surface area contributed by atoms with Gasteiger partial charge in [0.05, 0.1) is 35.7 Å². The summed E-state index contributed by atoms with van der Waals surface area (Å²) in [4.78, 5) is 57.7. The van der Waals surface area contributed by atoms with Gasteiger partial charge in [0.15, 0.2) is 5.78 Å². The Hall–Kier alpha value is -4.04. The number of alkyl carbamates (subject to hydrolysis) is 1. The summed E-state index contributed by atoms with van der Waals surface area (Å²) in [7, 11) is 0. The van der Waals surface area contributed by atoms with E-state index in [0.717, 1.165) is 42.6 Å². The van der Waals surface area contributed by atoms with Crippen LogP contribution in [-0.2, 0) is 16.1 Å². The number of rotatable bonds is 17. The van der Waals surface area contributed by atoms with Gasteiger partial charge in [-0.15, -0.1) is 11.6 Å². The Morgan fingerprint density at radius 3 is 2.60 bits per heavy atom. The number of aryl methyl sites for hydroxylation is 2. The lowest BCUT2D eigenvalue weighted by molar-refractivity contribution is -0.121. The average Bonchev–Trinajstić information content (AvgIpc) is 3.74. The molecule has 0 saturated carbocycles. The van der Waals surface area contributed by atoms with E-state index in [1.807, 2.05) is 43.0 Å². The lowest BCUT2D eigenvalue weighted by Crippen LogP contribution is -2.36. The Kier molecular flexibility index (Phi) is 12.4. The standard InChI is InChI=1S/C33H43ClN8O5S/c1-20-9-11-21(12-10-20)26-27-30(35)38-19-39-31(27)42(29(26)23(43)17-34)15-6-16-47-33(46)37-14-5-4-13-36-25(44)8-3-2-7-24-28-22(18-48-24)40-32(45)41-28/h9-12,19,22,24,28H,2-8,13-18H2,1H3,(H,36,44)(H,37,46)(H2,35,38,39)(H2,40,41,45). The first kappa shape index (κ1) is 35.3. The Labute approximate surface area is 288 Å². The number of carbonyl (C=O) groups is 4. The molecule has 3 aromatic rings. The second-order valence-corrected chi connectivity index (χ2v) is 13.6. The number of benzene rings is 1. The van der Waals surface area contributed by atoms with E-state index in [4.69, 9.17) is 22.1 Å². The molecule has 15 heteroatoms. The van der Waals surface area contributed by atoms with Crippen molar-refractivity contribution in [1.29, 1.82) is 0 Å². The van der Waals surface area contributed by atoms with E-state index in [2.05, 4.69) is 31.2 Å². The van der Waals surface area contributed by atoms with E-state index in [1.54, 1.807) is 4.57 Å². The molecule has 13 nitrogen and oxygen atoms in total. The number of amides is 4. The summed E-state index contributed by atoms with van der Waals surface area (Å²) in [5.41, 5.74) is 9.71. The Balaban J connectivity index is 0.987. The van der Waals surface area contributed by atoms with E-state index >= 15 is 0 Å². The number of hydrogen-bond acceptors (Lipinski definition) is 9. The molecule has 2 aliphatic heterocycles. The molecule has 48 heavy (non-hydrogen) atoms. The van der Waals surface area contributed by atoms with Crippen LogP contribution in [0.2, 0.25) is 0 Å². The number of Topliss-reactive ketones (excluding diaryl/α,β-unsaturated/α-hetero) is 1. The maximum Gasteiger partial charge on any atom is 0.407 e. The summed E-state index contributed by atoms with van der Waals surface area (Å²) in [6.07, 6.45) is 5.91. The van der Waals surface area contributed by atoms with Crippen molar-refractivity contribution in [1.82, 2.24) is 35.8 Å². The van der Waals surface area contributed by atoms with Crippen molar-refractivity contribution in [3.8, 4) is 11.1 Å². The van der Waals surface area contributed by atoms with Gasteiger partial charge in [-0.05, 0) is 44.6 Å².